The molecule has 0 aliphatic heterocycles. The maximum atomic E-state index is 12.0. The number of methoxy groups -OCH3 is 1. The van der Waals surface area contributed by atoms with E-state index in [4.69, 9.17) is 4.74 Å². The lowest BCUT2D eigenvalue weighted by atomic mass is 10.2. The molecule has 0 saturated carbocycles. The van der Waals surface area contributed by atoms with Crippen molar-refractivity contribution in [1.29, 1.82) is 0 Å². The Hall–Kier alpha value is -3.02. The van der Waals surface area contributed by atoms with Crippen LogP contribution in [0.5, 0.6) is 5.88 Å². The largest absolute Gasteiger partial charge is 0.481 e. The van der Waals surface area contributed by atoms with Crippen LogP contribution in [0.1, 0.15) is 10.4 Å². The zero-order chi connectivity index (χ0) is 14.7. The highest BCUT2D eigenvalue weighted by molar-refractivity contribution is 6.03. The predicted octanol–water partition coefficient (Wildman–Crippen LogP) is 2.29. The maximum absolute atomic E-state index is 12.0. The molecule has 0 spiro atoms. The Morgan fingerprint density at radius 1 is 1.14 bits per heavy atom. The molecular weight excluding hydrogens is 268 g/mol. The van der Waals surface area contributed by atoms with Crippen LogP contribution >= 0.6 is 0 Å². The van der Waals surface area contributed by atoms with Gasteiger partial charge in [0.25, 0.3) is 5.91 Å². The maximum Gasteiger partial charge on any atom is 0.258 e. The number of carbonyl (C=O) groups excluding carboxylic acids is 1. The van der Waals surface area contributed by atoms with E-state index < -0.39 is 0 Å². The normalized spacial score (nSPS) is 10.3. The van der Waals surface area contributed by atoms with Crippen LogP contribution < -0.4 is 10.1 Å². The second-order valence-corrected chi connectivity index (χ2v) is 4.29. The number of pyridine rings is 3. The molecule has 21 heavy (non-hydrogen) atoms. The highest BCUT2D eigenvalue weighted by atomic mass is 16.5. The van der Waals surface area contributed by atoms with Crippen molar-refractivity contribution in [3.63, 3.8) is 0 Å². The van der Waals surface area contributed by atoms with Crippen molar-refractivity contribution in [3.05, 3.63) is 54.4 Å². The predicted molar refractivity (Wildman–Crippen MR) is 78.3 cm³/mol. The minimum absolute atomic E-state index is 0.266. The quantitative estimate of drug-likeness (QED) is 0.796. The second kappa shape index (κ2) is 5.54. The van der Waals surface area contributed by atoms with Crippen LogP contribution in [0, 0.1) is 0 Å². The average molecular weight is 280 g/mol. The standard InChI is InChI=1S/C15H12N4O2/c1-21-13-7-5-10-4-6-12(17-14(10)19-13)18-15(20)11-3-2-8-16-9-11/h2-9H,1H3,(H,17,18,19,20). The summed E-state index contributed by atoms with van der Waals surface area (Å²) in [5.74, 6) is 0.640. The molecule has 0 aliphatic carbocycles. The number of rotatable bonds is 3. The van der Waals surface area contributed by atoms with E-state index in [1.54, 1.807) is 37.6 Å². The van der Waals surface area contributed by atoms with E-state index in [0.29, 0.717) is 22.9 Å². The number of nitrogens with one attached hydrogen (secondary N) is 1. The van der Waals surface area contributed by atoms with Gasteiger partial charge in [-0.3, -0.25) is 9.78 Å². The fraction of sp³-hybridized carbons (Fsp3) is 0.0667. The van der Waals surface area contributed by atoms with Gasteiger partial charge in [0.2, 0.25) is 5.88 Å². The van der Waals surface area contributed by atoms with Gasteiger partial charge >= 0.3 is 0 Å². The lowest BCUT2D eigenvalue weighted by molar-refractivity contribution is 0.102. The fourth-order valence-electron chi connectivity index (χ4n) is 1.85. The summed E-state index contributed by atoms with van der Waals surface area (Å²) in [5, 5.41) is 3.59. The van der Waals surface area contributed by atoms with Crippen molar-refractivity contribution in [3.8, 4) is 5.88 Å². The molecule has 104 valence electrons. The Balaban J connectivity index is 1.89. The van der Waals surface area contributed by atoms with Crippen molar-refractivity contribution in [1.82, 2.24) is 15.0 Å². The summed E-state index contributed by atoms with van der Waals surface area (Å²) >= 11 is 0. The van der Waals surface area contributed by atoms with Crippen LogP contribution in [-0.4, -0.2) is 28.0 Å². The van der Waals surface area contributed by atoms with Gasteiger partial charge in [-0.2, -0.15) is 4.98 Å². The number of amides is 1. The molecular formula is C15H12N4O2. The zero-order valence-corrected chi connectivity index (χ0v) is 11.3. The van der Waals surface area contributed by atoms with Crippen LogP contribution in [0.15, 0.2) is 48.8 Å². The highest BCUT2D eigenvalue weighted by Gasteiger charge is 2.08. The van der Waals surface area contributed by atoms with E-state index in [-0.39, 0.29) is 5.91 Å². The van der Waals surface area contributed by atoms with Crippen LogP contribution in [0.3, 0.4) is 0 Å². The Morgan fingerprint density at radius 3 is 2.76 bits per heavy atom. The summed E-state index contributed by atoms with van der Waals surface area (Å²) in [5.41, 5.74) is 0.983. The third kappa shape index (κ3) is 2.79. The van der Waals surface area contributed by atoms with Gasteiger partial charge in [0.1, 0.15) is 5.82 Å². The molecule has 6 heteroatoms. The summed E-state index contributed by atoms with van der Waals surface area (Å²) in [6.07, 6.45) is 3.11. The third-order valence-corrected chi connectivity index (χ3v) is 2.90. The third-order valence-electron chi connectivity index (χ3n) is 2.90. The lowest BCUT2D eigenvalue weighted by Crippen LogP contribution is -2.13. The number of nitrogens with zero attached hydrogens (tertiary/aromatic N) is 3. The second-order valence-electron chi connectivity index (χ2n) is 4.29. The topological polar surface area (TPSA) is 77.0 Å². The van der Waals surface area contributed by atoms with E-state index >= 15 is 0 Å². The smallest absolute Gasteiger partial charge is 0.258 e. The number of hydrogen-bond acceptors (Lipinski definition) is 5. The molecule has 0 fully saturated rings. The number of aromatic nitrogens is 3. The molecule has 0 radical (unpaired) electrons. The van der Waals surface area contributed by atoms with Crippen molar-refractivity contribution < 1.29 is 9.53 Å². The van der Waals surface area contributed by atoms with Gasteiger partial charge in [-0.25, -0.2) is 4.98 Å². The van der Waals surface area contributed by atoms with Crippen LogP contribution in [-0.2, 0) is 0 Å². The van der Waals surface area contributed by atoms with E-state index in [9.17, 15) is 4.79 Å². The molecule has 0 atom stereocenters. The molecule has 1 N–H and O–H groups in total. The molecule has 3 rings (SSSR count). The Bertz CT molecular complexity index is 790. The minimum atomic E-state index is -0.266. The van der Waals surface area contributed by atoms with Gasteiger partial charge in [-0.05, 0) is 30.3 Å². The van der Waals surface area contributed by atoms with Gasteiger partial charge in [-0.1, -0.05) is 0 Å². The van der Waals surface area contributed by atoms with Crippen LogP contribution in [0.2, 0.25) is 0 Å². The first-order chi connectivity index (χ1) is 10.3. The Kier molecular flexibility index (Phi) is 3.42. The van der Waals surface area contributed by atoms with Crippen molar-refractivity contribution in [2.75, 3.05) is 12.4 Å². The SMILES string of the molecule is COc1ccc2ccc(NC(=O)c3cccnc3)nc2n1. The number of ether oxygens (including phenoxy) is 1. The molecule has 3 aromatic heterocycles. The summed E-state index contributed by atoms with van der Waals surface area (Å²) in [4.78, 5) is 24.5. The van der Waals surface area contributed by atoms with E-state index in [0.717, 1.165) is 5.39 Å². The van der Waals surface area contributed by atoms with Crippen LogP contribution in [0.4, 0.5) is 5.82 Å². The van der Waals surface area contributed by atoms with Crippen molar-refractivity contribution in [2.45, 2.75) is 0 Å². The first-order valence-corrected chi connectivity index (χ1v) is 6.29. The molecule has 3 aromatic rings. The van der Waals surface area contributed by atoms with Gasteiger partial charge in [-0.15, -0.1) is 0 Å². The van der Waals surface area contributed by atoms with Gasteiger partial charge in [0.15, 0.2) is 5.65 Å². The summed E-state index contributed by atoms with van der Waals surface area (Å²) in [6, 6.07) is 10.6. The first kappa shape index (κ1) is 13.0. The Labute approximate surface area is 120 Å². The van der Waals surface area contributed by atoms with Crippen LogP contribution in [0.25, 0.3) is 11.0 Å². The molecule has 6 nitrogen and oxygen atoms in total. The molecule has 1 amide bonds. The highest BCUT2D eigenvalue weighted by Crippen LogP contribution is 2.17. The van der Waals surface area contributed by atoms with Gasteiger partial charge in [0, 0.05) is 23.8 Å². The summed E-state index contributed by atoms with van der Waals surface area (Å²) in [7, 11) is 1.54. The molecule has 0 saturated heterocycles. The summed E-state index contributed by atoms with van der Waals surface area (Å²) < 4.78 is 5.07. The number of anilines is 1. The van der Waals surface area contributed by atoms with E-state index in [1.165, 1.54) is 6.20 Å². The van der Waals surface area contributed by atoms with Crippen molar-refractivity contribution >= 4 is 22.8 Å². The average Bonchev–Trinajstić information content (AvgIpc) is 2.55. The molecule has 0 bridgehead atoms. The van der Waals surface area contributed by atoms with Crippen molar-refractivity contribution in [2.24, 2.45) is 0 Å². The van der Waals surface area contributed by atoms with E-state index in [1.807, 2.05) is 12.1 Å². The van der Waals surface area contributed by atoms with Gasteiger partial charge < -0.3 is 10.1 Å². The molecule has 0 aromatic carbocycles. The van der Waals surface area contributed by atoms with E-state index in [2.05, 4.69) is 20.3 Å². The summed E-state index contributed by atoms with van der Waals surface area (Å²) in [6.45, 7) is 0. The monoisotopic (exact) mass is 280 g/mol. The number of hydrogen-bond donors (Lipinski definition) is 1. The fourth-order valence-corrected chi connectivity index (χ4v) is 1.85. The zero-order valence-electron chi connectivity index (χ0n) is 11.3. The first-order valence-electron chi connectivity index (χ1n) is 6.29. The number of carbonyl (C=O) groups is 1. The molecule has 0 unspecified atom stereocenters. The Morgan fingerprint density at radius 2 is 2.00 bits per heavy atom. The minimum Gasteiger partial charge on any atom is -0.481 e. The molecule has 0 aliphatic rings. The van der Waals surface area contributed by atoms with Gasteiger partial charge in [0.05, 0.1) is 12.7 Å². The molecule has 3 heterocycles. The lowest BCUT2D eigenvalue weighted by Gasteiger charge is -2.06. The number of fused-ring (bicyclic) bond motifs is 1.